The molecule has 2 aromatic rings. The Morgan fingerprint density at radius 3 is 2.83 bits per heavy atom. The van der Waals surface area contributed by atoms with Crippen molar-refractivity contribution < 1.29 is 18.3 Å². The van der Waals surface area contributed by atoms with Gasteiger partial charge in [0.1, 0.15) is 18.5 Å². The lowest BCUT2D eigenvalue weighted by molar-refractivity contribution is 0.145. The fourth-order valence-corrected chi connectivity index (χ4v) is 6.00. The van der Waals surface area contributed by atoms with Gasteiger partial charge in [-0.2, -0.15) is 4.39 Å². The zero-order valence-corrected chi connectivity index (χ0v) is 20.8. The summed E-state index contributed by atoms with van der Waals surface area (Å²) in [6.07, 6.45) is 9.25. The molecule has 1 aliphatic carbocycles. The summed E-state index contributed by atoms with van der Waals surface area (Å²) in [5.74, 6) is -0.205. The molecule has 0 radical (unpaired) electrons. The largest absolute Gasteiger partial charge is 0.485 e. The summed E-state index contributed by atoms with van der Waals surface area (Å²) in [6, 6.07) is 6.26. The van der Waals surface area contributed by atoms with E-state index in [1.807, 2.05) is 13.2 Å². The molecule has 1 saturated carbocycles. The van der Waals surface area contributed by atoms with Gasteiger partial charge in [-0.3, -0.25) is 0 Å². The highest BCUT2D eigenvalue weighted by molar-refractivity contribution is 7.98. The number of nitrogens with one attached hydrogen (secondary N) is 1. The van der Waals surface area contributed by atoms with Gasteiger partial charge in [-0.25, -0.2) is 14.4 Å². The van der Waals surface area contributed by atoms with E-state index in [9.17, 15) is 4.39 Å². The third kappa shape index (κ3) is 4.21. The molecule has 4 unspecified atom stereocenters. The van der Waals surface area contributed by atoms with Gasteiger partial charge in [0, 0.05) is 29.1 Å². The lowest BCUT2D eigenvalue weighted by atomic mass is 9.97. The number of hydrogen-bond acceptors (Lipinski definition) is 7. The van der Waals surface area contributed by atoms with E-state index < -0.39 is 11.6 Å². The van der Waals surface area contributed by atoms with Crippen LogP contribution >= 0.6 is 11.8 Å². The van der Waals surface area contributed by atoms with E-state index in [4.69, 9.17) is 14.5 Å². The predicted octanol–water partition coefficient (Wildman–Crippen LogP) is 5.54. The molecule has 35 heavy (non-hydrogen) atoms. The number of benzene rings is 1. The molecule has 3 fully saturated rings. The monoisotopic (exact) mass is 500 g/mol. The van der Waals surface area contributed by atoms with Gasteiger partial charge in [0.25, 0.3) is 6.02 Å². The van der Waals surface area contributed by atoms with Crippen LogP contribution in [0, 0.1) is 17.6 Å². The van der Waals surface area contributed by atoms with E-state index in [1.54, 1.807) is 18.3 Å². The lowest BCUT2D eigenvalue weighted by Gasteiger charge is -2.26. The Kier molecular flexibility index (Phi) is 5.98. The van der Waals surface area contributed by atoms with Crippen molar-refractivity contribution >= 4 is 29.3 Å². The van der Waals surface area contributed by atoms with Crippen molar-refractivity contribution in [1.29, 1.82) is 0 Å². The van der Waals surface area contributed by atoms with Crippen molar-refractivity contribution in [1.82, 2.24) is 9.88 Å². The van der Waals surface area contributed by atoms with Crippen LogP contribution < -0.4 is 10.1 Å². The molecule has 2 bridgehead atoms. The van der Waals surface area contributed by atoms with Gasteiger partial charge in [0.15, 0.2) is 11.6 Å². The fraction of sp³-hybridized carbons (Fsp3) is 0.538. The summed E-state index contributed by atoms with van der Waals surface area (Å²) < 4.78 is 42.6. The summed E-state index contributed by atoms with van der Waals surface area (Å²) in [7, 11) is 0. The summed E-state index contributed by atoms with van der Waals surface area (Å²) in [5.41, 5.74) is 0.876. The summed E-state index contributed by atoms with van der Waals surface area (Å²) in [6.45, 7) is 2.62. The molecule has 4 heterocycles. The minimum Gasteiger partial charge on any atom is -0.485 e. The Bertz CT molecular complexity index is 1160. The molecule has 9 heteroatoms. The number of nitrogens with zero attached hydrogens (tertiary/aromatic N) is 3. The SMILES string of the molecule is CCc1cnc(Nc2ccc(SC)cc2F)c(F)c1OC1CC2CCC1N2C1=NC(C2CC2)CO1. The van der Waals surface area contributed by atoms with Gasteiger partial charge >= 0.3 is 0 Å². The first-order chi connectivity index (χ1) is 17.1. The second-order valence-corrected chi connectivity index (χ2v) is 10.7. The van der Waals surface area contributed by atoms with Gasteiger partial charge in [-0.15, -0.1) is 11.8 Å². The number of aryl methyl sites for hydroxylation is 1. The number of fused-ring (bicyclic) bond motifs is 2. The van der Waals surface area contributed by atoms with Crippen molar-refractivity contribution in [2.75, 3.05) is 18.2 Å². The first-order valence-electron chi connectivity index (χ1n) is 12.5. The molecule has 1 aromatic heterocycles. The zero-order valence-electron chi connectivity index (χ0n) is 20.0. The number of aliphatic imine (C=N–C) groups is 1. The minimum atomic E-state index is -0.588. The predicted molar refractivity (Wildman–Crippen MR) is 133 cm³/mol. The Labute approximate surface area is 208 Å². The number of rotatable bonds is 7. The van der Waals surface area contributed by atoms with Crippen molar-refractivity contribution in [3.05, 3.63) is 41.6 Å². The number of halogens is 2. The van der Waals surface area contributed by atoms with E-state index in [0.29, 0.717) is 30.6 Å². The maximum Gasteiger partial charge on any atom is 0.288 e. The van der Waals surface area contributed by atoms with Crippen LogP contribution in [0.25, 0.3) is 0 Å². The van der Waals surface area contributed by atoms with Crippen LogP contribution in [0.5, 0.6) is 5.75 Å². The van der Waals surface area contributed by atoms with Gasteiger partial charge in [0.05, 0.1) is 17.8 Å². The standard InChI is InChI=1S/C26H30F2N4O2S/c1-3-14-12-29-25(30-19-8-7-17(35-2)11-18(19)27)23(28)24(14)34-22-10-16-6-9-21(22)32(16)26-31-20(13-33-26)15-4-5-15/h7-8,11-12,15-16,20-22H,3-6,9-10,13H2,1-2H3,(H,29,30). The van der Waals surface area contributed by atoms with E-state index in [0.717, 1.165) is 30.2 Å². The topological polar surface area (TPSA) is 59.0 Å². The van der Waals surface area contributed by atoms with Gasteiger partial charge in [-0.05, 0) is 62.5 Å². The van der Waals surface area contributed by atoms with Crippen LogP contribution in [-0.4, -0.2) is 53.0 Å². The van der Waals surface area contributed by atoms with Crippen molar-refractivity contribution in [2.45, 2.75) is 74.6 Å². The Hall–Kier alpha value is -2.55. The molecular weight excluding hydrogens is 470 g/mol. The smallest absolute Gasteiger partial charge is 0.288 e. The number of pyridine rings is 1. The molecule has 1 N–H and O–H groups in total. The number of thioether (sulfide) groups is 1. The Balaban J connectivity index is 1.23. The third-order valence-corrected chi connectivity index (χ3v) is 8.38. The highest BCUT2D eigenvalue weighted by atomic mass is 32.2. The number of ether oxygens (including phenoxy) is 2. The maximum absolute atomic E-state index is 15.7. The zero-order chi connectivity index (χ0) is 24.1. The fourth-order valence-electron chi connectivity index (χ4n) is 5.57. The van der Waals surface area contributed by atoms with E-state index in [1.165, 1.54) is 30.7 Å². The summed E-state index contributed by atoms with van der Waals surface area (Å²) in [5, 5.41) is 2.82. The van der Waals surface area contributed by atoms with Crippen LogP contribution in [0.3, 0.4) is 0 Å². The van der Waals surface area contributed by atoms with Crippen LogP contribution in [0.1, 0.15) is 44.6 Å². The highest BCUT2D eigenvalue weighted by Crippen LogP contribution is 2.44. The normalized spacial score (nSPS) is 27.2. The van der Waals surface area contributed by atoms with E-state index in [2.05, 4.69) is 15.2 Å². The number of aromatic nitrogens is 1. The maximum atomic E-state index is 15.7. The number of anilines is 2. The quantitative estimate of drug-likeness (QED) is 0.504. The minimum absolute atomic E-state index is 0.0382. The molecule has 6 rings (SSSR count). The summed E-state index contributed by atoms with van der Waals surface area (Å²) >= 11 is 1.45. The molecular formula is C26H30F2N4O2S. The molecule has 4 aliphatic rings. The molecule has 186 valence electrons. The van der Waals surface area contributed by atoms with Crippen molar-refractivity contribution in [2.24, 2.45) is 10.9 Å². The second-order valence-electron chi connectivity index (χ2n) is 9.82. The first kappa shape index (κ1) is 22.9. The summed E-state index contributed by atoms with van der Waals surface area (Å²) in [4.78, 5) is 12.2. The Morgan fingerprint density at radius 1 is 1.23 bits per heavy atom. The third-order valence-electron chi connectivity index (χ3n) is 7.65. The first-order valence-corrected chi connectivity index (χ1v) is 13.7. The van der Waals surface area contributed by atoms with Crippen molar-refractivity contribution in [3.8, 4) is 5.75 Å². The van der Waals surface area contributed by atoms with Crippen LogP contribution in [0.2, 0.25) is 0 Å². The van der Waals surface area contributed by atoms with Gasteiger partial charge in [0.2, 0.25) is 5.82 Å². The molecule has 4 atom stereocenters. The Morgan fingerprint density at radius 2 is 2.09 bits per heavy atom. The molecule has 2 saturated heterocycles. The number of amidine groups is 1. The average molecular weight is 501 g/mol. The molecule has 3 aliphatic heterocycles. The van der Waals surface area contributed by atoms with Crippen LogP contribution in [0.4, 0.5) is 20.3 Å². The number of hydrogen-bond donors (Lipinski definition) is 1. The second kappa shape index (κ2) is 9.15. The van der Waals surface area contributed by atoms with Gasteiger partial charge in [-0.1, -0.05) is 6.92 Å². The van der Waals surface area contributed by atoms with Crippen molar-refractivity contribution in [3.63, 3.8) is 0 Å². The van der Waals surface area contributed by atoms with E-state index in [-0.39, 0.29) is 35.4 Å². The average Bonchev–Trinajstić information content (AvgIpc) is 3.32. The van der Waals surface area contributed by atoms with Crippen LogP contribution in [0.15, 0.2) is 34.3 Å². The molecule has 1 aromatic carbocycles. The highest BCUT2D eigenvalue weighted by Gasteiger charge is 2.51. The van der Waals surface area contributed by atoms with Gasteiger partial charge < -0.3 is 19.7 Å². The van der Waals surface area contributed by atoms with E-state index >= 15 is 4.39 Å². The van der Waals surface area contributed by atoms with Crippen LogP contribution in [-0.2, 0) is 11.2 Å². The molecule has 0 amide bonds. The molecule has 0 spiro atoms. The lowest BCUT2D eigenvalue weighted by Crippen LogP contribution is -2.39. The molecule has 6 nitrogen and oxygen atoms in total.